The Kier molecular flexibility index (Phi) is 3.09. The van der Waals surface area contributed by atoms with Crippen molar-refractivity contribution in [1.82, 2.24) is 15.5 Å². The third-order valence-corrected chi connectivity index (χ3v) is 8.04. The summed E-state index contributed by atoms with van der Waals surface area (Å²) in [7, 11) is 0. The molecule has 152 valence electrons. The number of carbonyl (C=O) groups is 1. The number of hydrogen-bond donors (Lipinski definition) is 5. The maximum Gasteiger partial charge on any atom is 0.253 e. The molecule has 2 saturated carbocycles. The summed E-state index contributed by atoms with van der Waals surface area (Å²) in [6.07, 6.45) is 2.87. The summed E-state index contributed by atoms with van der Waals surface area (Å²) in [5.74, 6) is 2.64. The van der Waals surface area contributed by atoms with Crippen LogP contribution in [0.25, 0.3) is 10.9 Å². The number of fused-ring (bicyclic) bond motifs is 9. The van der Waals surface area contributed by atoms with Crippen molar-refractivity contribution < 1.29 is 9.90 Å². The smallest absolute Gasteiger partial charge is 0.253 e. The van der Waals surface area contributed by atoms with Crippen LogP contribution in [0.4, 0.5) is 11.5 Å². The van der Waals surface area contributed by atoms with E-state index in [2.05, 4.69) is 39.0 Å². The molecule has 2 aliphatic carbocycles. The molecule has 2 fully saturated rings. The van der Waals surface area contributed by atoms with Gasteiger partial charge in [-0.3, -0.25) is 9.89 Å². The number of aliphatic hydroxyl groups excluding tert-OH is 1. The Labute approximate surface area is 173 Å². The van der Waals surface area contributed by atoms with Crippen LogP contribution in [-0.2, 0) is 0 Å². The molecule has 7 nitrogen and oxygen atoms in total. The molecule has 2 unspecified atom stereocenters. The second kappa shape index (κ2) is 5.55. The molecule has 1 aromatic heterocycles. The number of benzene rings is 2. The lowest BCUT2D eigenvalue weighted by molar-refractivity contribution is 0.0850. The predicted molar refractivity (Wildman–Crippen MR) is 113 cm³/mol. The Morgan fingerprint density at radius 1 is 1.07 bits per heavy atom. The van der Waals surface area contributed by atoms with Gasteiger partial charge in [0.1, 0.15) is 0 Å². The summed E-state index contributed by atoms with van der Waals surface area (Å²) < 4.78 is 0. The zero-order chi connectivity index (χ0) is 20.1. The molecule has 2 bridgehead atoms. The minimum Gasteiger partial charge on any atom is -0.382 e. The van der Waals surface area contributed by atoms with Crippen molar-refractivity contribution in [1.29, 1.82) is 0 Å². The first-order valence-electron chi connectivity index (χ1n) is 10.8. The molecule has 30 heavy (non-hydrogen) atoms. The molecule has 3 aromatic rings. The Morgan fingerprint density at radius 2 is 1.93 bits per heavy atom. The van der Waals surface area contributed by atoms with Crippen molar-refractivity contribution in [2.75, 3.05) is 11.1 Å². The monoisotopic (exact) mass is 401 g/mol. The number of nitrogen functional groups attached to an aromatic ring is 1. The number of amides is 1. The number of H-pyrrole nitrogens is 1. The fraction of sp³-hybridized carbons (Fsp3) is 0.391. The summed E-state index contributed by atoms with van der Waals surface area (Å²) in [5, 5.41) is 24.8. The number of nitrogens with zero attached hydrogens (tertiary/aromatic N) is 1. The van der Waals surface area contributed by atoms with E-state index in [1.54, 1.807) is 0 Å². The number of anilines is 2. The number of carbonyl (C=O) groups excluding carboxylic acids is 1. The number of hydrogen-bond acceptors (Lipinski definition) is 5. The van der Waals surface area contributed by atoms with Gasteiger partial charge in [0.15, 0.2) is 12.0 Å². The predicted octanol–water partition coefficient (Wildman–Crippen LogP) is 3.18. The second-order valence-corrected chi connectivity index (χ2v) is 9.37. The van der Waals surface area contributed by atoms with Crippen LogP contribution < -0.4 is 16.4 Å². The maximum atomic E-state index is 12.3. The average molecular weight is 401 g/mol. The van der Waals surface area contributed by atoms with Crippen molar-refractivity contribution in [3.8, 4) is 0 Å². The normalized spacial score (nSPS) is 33.2. The van der Waals surface area contributed by atoms with Crippen LogP contribution in [0.5, 0.6) is 0 Å². The number of aliphatic hydroxyl groups is 1. The number of rotatable bonds is 1. The van der Waals surface area contributed by atoms with Crippen molar-refractivity contribution >= 4 is 28.3 Å². The third kappa shape index (κ3) is 2.03. The number of aromatic nitrogens is 2. The summed E-state index contributed by atoms with van der Waals surface area (Å²) in [5.41, 5.74) is 11.8. The van der Waals surface area contributed by atoms with Crippen LogP contribution in [0, 0.1) is 17.8 Å². The molecule has 3 heterocycles. The van der Waals surface area contributed by atoms with E-state index in [9.17, 15) is 9.90 Å². The highest BCUT2D eigenvalue weighted by Gasteiger charge is 2.54. The summed E-state index contributed by atoms with van der Waals surface area (Å²) >= 11 is 0. The molecule has 7 heteroatoms. The van der Waals surface area contributed by atoms with E-state index in [-0.39, 0.29) is 11.9 Å². The Bertz CT molecular complexity index is 1230. The van der Waals surface area contributed by atoms with Gasteiger partial charge in [0.2, 0.25) is 0 Å². The molecule has 0 spiro atoms. The van der Waals surface area contributed by atoms with Gasteiger partial charge in [-0.25, -0.2) is 0 Å². The van der Waals surface area contributed by atoms with Gasteiger partial charge in [0, 0.05) is 22.2 Å². The zero-order valence-electron chi connectivity index (χ0n) is 16.4. The fourth-order valence-electron chi connectivity index (χ4n) is 6.83. The lowest BCUT2D eigenvalue weighted by Gasteiger charge is -2.43. The minimum absolute atomic E-state index is 0.178. The molecule has 2 aliphatic heterocycles. The number of nitrogens with two attached hydrogens (primary N) is 1. The van der Waals surface area contributed by atoms with Gasteiger partial charge in [0.25, 0.3) is 5.91 Å². The highest BCUT2D eigenvalue weighted by atomic mass is 16.3. The molecular formula is C23H23N5O2. The van der Waals surface area contributed by atoms with Crippen LogP contribution in [0.2, 0.25) is 0 Å². The van der Waals surface area contributed by atoms with Gasteiger partial charge in [-0.1, -0.05) is 6.07 Å². The maximum absolute atomic E-state index is 12.3. The Balaban J connectivity index is 1.40. The van der Waals surface area contributed by atoms with Crippen molar-refractivity contribution in [3.63, 3.8) is 0 Å². The number of nitrogens with one attached hydrogen (secondary N) is 3. The molecular weight excluding hydrogens is 378 g/mol. The van der Waals surface area contributed by atoms with E-state index >= 15 is 0 Å². The molecule has 1 amide bonds. The second-order valence-electron chi connectivity index (χ2n) is 9.37. The van der Waals surface area contributed by atoms with E-state index < -0.39 is 6.23 Å². The third-order valence-electron chi connectivity index (χ3n) is 8.04. The molecule has 2 aromatic carbocycles. The van der Waals surface area contributed by atoms with Gasteiger partial charge in [0.05, 0.1) is 11.6 Å². The molecule has 7 rings (SSSR count). The molecule has 6 atom stereocenters. The van der Waals surface area contributed by atoms with E-state index in [0.717, 1.165) is 16.6 Å². The van der Waals surface area contributed by atoms with Crippen LogP contribution in [-0.4, -0.2) is 21.2 Å². The van der Waals surface area contributed by atoms with E-state index in [0.29, 0.717) is 40.6 Å². The van der Waals surface area contributed by atoms with Crippen LogP contribution in [0.15, 0.2) is 30.3 Å². The van der Waals surface area contributed by atoms with Crippen LogP contribution in [0.1, 0.15) is 64.5 Å². The van der Waals surface area contributed by atoms with Crippen molar-refractivity contribution in [3.05, 3.63) is 52.6 Å². The lowest BCUT2D eigenvalue weighted by Crippen LogP contribution is -2.35. The Morgan fingerprint density at radius 3 is 2.83 bits per heavy atom. The van der Waals surface area contributed by atoms with Gasteiger partial charge in [-0.2, -0.15) is 5.10 Å². The van der Waals surface area contributed by atoms with Crippen molar-refractivity contribution in [2.45, 2.75) is 37.5 Å². The molecule has 4 aliphatic rings. The fourth-order valence-corrected chi connectivity index (χ4v) is 6.83. The quantitative estimate of drug-likeness (QED) is 0.429. The first-order valence-corrected chi connectivity index (χ1v) is 10.8. The standard InChI is InChI=1S/C23H23N5O2/c24-21-15-6-11(3-4-16(15)27-28-21)20-19-10-2-1-9(5-10)18(19)14-7-12-13(8-17(14)25-20)23(30)26-22(12)29/h3-4,6-10,18-20,23,25,30H,1-2,5H2,(H,26,29)(H3,24,27,28)/t9-,10?,18-,19-,20+,23?/m1/s1. The SMILES string of the molecule is Nc1n[nH]c2ccc([C@@H]3Nc4cc5c(cc4[C@H]4[C@@H]6CCC(C6)[C@H]43)C(=O)NC5O)cc12. The molecule has 0 radical (unpaired) electrons. The topological polar surface area (TPSA) is 116 Å². The lowest BCUT2D eigenvalue weighted by atomic mass is 9.67. The van der Waals surface area contributed by atoms with Gasteiger partial charge >= 0.3 is 0 Å². The highest BCUT2D eigenvalue weighted by molar-refractivity contribution is 6.00. The minimum atomic E-state index is -0.933. The Hall–Kier alpha value is -3.06. The van der Waals surface area contributed by atoms with Gasteiger partial charge in [-0.15, -0.1) is 0 Å². The first-order chi connectivity index (χ1) is 14.6. The van der Waals surface area contributed by atoms with Crippen LogP contribution in [0.3, 0.4) is 0 Å². The molecule has 6 N–H and O–H groups in total. The number of aromatic amines is 1. The highest BCUT2D eigenvalue weighted by Crippen LogP contribution is 2.64. The van der Waals surface area contributed by atoms with E-state index in [4.69, 9.17) is 5.73 Å². The zero-order valence-corrected chi connectivity index (χ0v) is 16.4. The van der Waals surface area contributed by atoms with Gasteiger partial charge in [-0.05, 0) is 78.3 Å². The van der Waals surface area contributed by atoms with Crippen molar-refractivity contribution in [2.24, 2.45) is 17.8 Å². The average Bonchev–Trinajstić information content (AvgIpc) is 3.51. The summed E-state index contributed by atoms with van der Waals surface area (Å²) in [4.78, 5) is 12.3. The van der Waals surface area contributed by atoms with Crippen LogP contribution >= 0.6 is 0 Å². The van der Waals surface area contributed by atoms with E-state index in [1.807, 2.05) is 12.1 Å². The van der Waals surface area contributed by atoms with Gasteiger partial charge < -0.3 is 21.5 Å². The largest absolute Gasteiger partial charge is 0.382 e. The molecule has 0 saturated heterocycles. The first kappa shape index (κ1) is 16.7. The summed E-state index contributed by atoms with van der Waals surface area (Å²) in [6.45, 7) is 0. The summed E-state index contributed by atoms with van der Waals surface area (Å²) in [6, 6.07) is 10.6. The van der Waals surface area contributed by atoms with E-state index in [1.165, 1.54) is 30.4 Å².